The molecule has 2 aromatic rings. The number of nitriles is 1. The number of rotatable bonds is 3. The van der Waals surface area contributed by atoms with Crippen LogP contribution in [0.4, 0.5) is 13.2 Å². The van der Waals surface area contributed by atoms with Gasteiger partial charge in [-0.25, -0.2) is 4.68 Å². The zero-order valence-corrected chi connectivity index (χ0v) is 13.1. The van der Waals surface area contributed by atoms with Crippen LogP contribution in [0.5, 0.6) is 5.75 Å². The average molecular weight is 362 g/mol. The summed E-state index contributed by atoms with van der Waals surface area (Å²) in [4.78, 5) is 0. The molecular formula is C14H8Cl2F3N3O. The van der Waals surface area contributed by atoms with Crippen molar-refractivity contribution in [1.29, 1.82) is 5.26 Å². The van der Waals surface area contributed by atoms with Crippen LogP contribution in [0.25, 0.3) is 11.3 Å². The highest BCUT2D eigenvalue weighted by molar-refractivity contribution is 6.38. The lowest BCUT2D eigenvalue weighted by Crippen LogP contribution is -2.17. The van der Waals surface area contributed by atoms with E-state index in [4.69, 9.17) is 28.5 Å². The first kappa shape index (κ1) is 17.2. The maximum Gasteiger partial charge on any atom is 0.573 e. The number of aromatic nitrogens is 2. The van der Waals surface area contributed by atoms with Crippen LogP contribution in [0.1, 0.15) is 18.2 Å². The molecular weight excluding hydrogens is 354 g/mol. The van der Waals surface area contributed by atoms with Gasteiger partial charge in [-0.2, -0.15) is 10.4 Å². The van der Waals surface area contributed by atoms with E-state index in [0.29, 0.717) is 11.1 Å². The van der Waals surface area contributed by atoms with Gasteiger partial charge in [0, 0.05) is 23.9 Å². The number of allylic oxidation sites excluding steroid dienone is 1. The van der Waals surface area contributed by atoms with E-state index in [2.05, 4.69) is 16.4 Å². The summed E-state index contributed by atoms with van der Waals surface area (Å²) in [5.74, 6) is -0.552. The molecule has 0 fully saturated rings. The van der Waals surface area contributed by atoms with Gasteiger partial charge in [0.1, 0.15) is 17.5 Å². The van der Waals surface area contributed by atoms with Crippen LogP contribution in [0.15, 0.2) is 24.9 Å². The third-order valence-electron chi connectivity index (χ3n) is 2.73. The van der Waals surface area contributed by atoms with Gasteiger partial charge in [-0.05, 0) is 12.5 Å². The molecule has 120 valence electrons. The predicted octanol–water partition coefficient (Wildman–Crippen LogP) is 4.98. The van der Waals surface area contributed by atoms with Crippen molar-refractivity contribution in [1.82, 2.24) is 9.78 Å². The van der Waals surface area contributed by atoms with Crippen molar-refractivity contribution < 1.29 is 17.9 Å². The third kappa shape index (κ3) is 3.78. The molecule has 1 heterocycles. The molecule has 23 heavy (non-hydrogen) atoms. The largest absolute Gasteiger partial charge is 0.573 e. The Kier molecular flexibility index (Phi) is 4.59. The van der Waals surface area contributed by atoms with Crippen LogP contribution in [0, 0.1) is 11.3 Å². The molecule has 4 nitrogen and oxygen atoms in total. The van der Waals surface area contributed by atoms with E-state index in [1.54, 1.807) is 6.92 Å². The van der Waals surface area contributed by atoms with E-state index in [-0.39, 0.29) is 21.4 Å². The van der Waals surface area contributed by atoms with E-state index in [0.717, 1.165) is 12.1 Å². The van der Waals surface area contributed by atoms with Crippen molar-refractivity contribution in [3.63, 3.8) is 0 Å². The summed E-state index contributed by atoms with van der Waals surface area (Å²) < 4.78 is 41.7. The fourth-order valence-electron chi connectivity index (χ4n) is 1.84. The minimum atomic E-state index is -4.86. The normalized spacial score (nSPS) is 11.2. The first-order chi connectivity index (χ1) is 10.6. The molecule has 9 heteroatoms. The molecule has 0 amide bonds. The van der Waals surface area contributed by atoms with Crippen LogP contribution in [-0.2, 0) is 0 Å². The summed E-state index contributed by atoms with van der Waals surface area (Å²) >= 11 is 12.0. The molecule has 0 N–H and O–H groups in total. The molecule has 0 unspecified atom stereocenters. The van der Waals surface area contributed by atoms with Crippen LogP contribution in [-0.4, -0.2) is 16.1 Å². The molecule has 0 aliphatic rings. The Hall–Kier alpha value is -2.17. The fourth-order valence-corrected chi connectivity index (χ4v) is 2.48. The highest BCUT2D eigenvalue weighted by Crippen LogP contribution is 2.35. The molecule has 2 rings (SSSR count). The average Bonchev–Trinajstić information content (AvgIpc) is 2.79. The van der Waals surface area contributed by atoms with Gasteiger partial charge in [0.2, 0.25) is 0 Å². The zero-order chi connectivity index (χ0) is 17.4. The van der Waals surface area contributed by atoms with Crippen molar-refractivity contribution in [2.24, 2.45) is 0 Å². The summed E-state index contributed by atoms with van der Waals surface area (Å²) in [6, 6.07) is 3.82. The minimum Gasteiger partial charge on any atom is -0.406 e. The molecule has 0 aliphatic heterocycles. The van der Waals surface area contributed by atoms with Gasteiger partial charge in [-0.1, -0.05) is 29.8 Å². The smallest absolute Gasteiger partial charge is 0.406 e. The maximum atomic E-state index is 12.2. The molecule has 0 saturated carbocycles. The minimum absolute atomic E-state index is 0.0975. The maximum absolute atomic E-state index is 12.2. The SMILES string of the molecule is C=C(C)c1cn(-c2c(Cl)cc(OC(F)(F)F)cc2Cl)nc1C#N. The van der Waals surface area contributed by atoms with Gasteiger partial charge in [0.05, 0.1) is 10.0 Å². The van der Waals surface area contributed by atoms with Crippen molar-refractivity contribution in [3.8, 4) is 17.5 Å². The quantitative estimate of drug-likeness (QED) is 0.774. The van der Waals surface area contributed by atoms with Gasteiger partial charge >= 0.3 is 6.36 Å². The predicted molar refractivity (Wildman–Crippen MR) is 79.7 cm³/mol. The van der Waals surface area contributed by atoms with Gasteiger partial charge in [0.15, 0.2) is 5.69 Å². The molecule has 0 atom stereocenters. The monoisotopic (exact) mass is 361 g/mol. The lowest BCUT2D eigenvalue weighted by Gasteiger charge is -2.12. The molecule has 0 saturated heterocycles. The summed E-state index contributed by atoms with van der Waals surface area (Å²) in [5.41, 5.74) is 1.31. The Morgan fingerprint density at radius 1 is 1.35 bits per heavy atom. The molecule has 1 aromatic carbocycles. The lowest BCUT2D eigenvalue weighted by molar-refractivity contribution is -0.274. The van der Waals surface area contributed by atoms with Crippen molar-refractivity contribution in [3.05, 3.63) is 46.2 Å². The van der Waals surface area contributed by atoms with Gasteiger partial charge < -0.3 is 4.74 Å². The van der Waals surface area contributed by atoms with Crippen molar-refractivity contribution in [2.75, 3.05) is 0 Å². The van der Waals surface area contributed by atoms with Gasteiger partial charge in [-0.3, -0.25) is 0 Å². The second-order valence-electron chi connectivity index (χ2n) is 4.51. The molecule has 0 radical (unpaired) electrons. The Bertz CT molecular complexity index is 799. The molecule has 0 aliphatic carbocycles. The second-order valence-corrected chi connectivity index (χ2v) is 5.33. The molecule has 1 aromatic heterocycles. The molecule has 0 spiro atoms. The van der Waals surface area contributed by atoms with E-state index in [9.17, 15) is 13.2 Å². The first-order valence-electron chi connectivity index (χ1n) is 6.03. The number of hydrogen-bond donors (Lipinski definition) is 0. The number of alkyl halides is 3. The Morgan fingerprint density at radius 2 is 1.91 bits per heavy atom. The van der Waals surface area contributed by atoms with E-state index >= 15 is 0 Å². The highest BCUT2D eigenvalue weighted by atomic mass is 35.5. The summed E-state index contributed by atoms with van der Waals surface area (Å²) in [6.07, 6.45) is -3.39. The van der Waals surface area contributed by atoms with Gasteiger partial charge in [-0.15, -0.1) is 13.2 Å². The van der Waals surface area contributed by atoms with E-state index < -0.39 is 12.1 Å². The van der Waals surface area contributed by atoms with Crippen molar-refractivity contribution >= 4 is 28.8 Å². The first-order valence-corrected chi connectivity index (χ1v) is 6.79. The van der Waals surface area contributed by atoms with Crippen LogP contribution in [0.3, 0.4) is 0 Å². The standard InChI is InChI=1S/C14H8Cl2F3N3O/c1-7(2)9-6-22(21-12(9)5-20)13-10(15)3-8(4-11(13)16)23-14(17,18)19/h3-4,6H,1H2,2H3. The number of nitrogens with zero attached hydrogens (tertiary/aromatic N) is 3. The van der Waals surface area contributed by atoms with Crippen LogP contribution in [0.2, 0.25) is 10.0 Å². The second kappa shape index (κ2) is 6.14. The number of benzene rings is 1. The van der Waals surface area contributed by atoms with E-state index in [1.807, 2.05) is 6.07 Å². The third-order valence-corrected chi connectivity index (χ3v) is 3.31. The fraction of sp³-hybridized carbons (Fsp3) is 0.143. The zero-order valence-electron chi connectivity index (χ0n) is 11.6. The van der Waals surface area contributed by atoms with Crippen molar-refractivity contribution in [2.45, 2.75) is 13.3 Å². The Morgan fingerprint density at radius 3 is 2.30 bits per heavy atom. The topological polar surface area (TPSA) is 50.8 Å². The molecule has 0 bridgehead atoms. The van der Waals surface area contributed by atoms with Gasteiger partial charge in [0.25, 0.3) is 0 Å². The number of ether oxygens (including phenoxy) is 1. The van der Waals surface area contributed by atoms with E-state index in [1.165, 1.54) is 10.9 Å². The Labute approximate surface area is 139 Å². The number of halogens is 5. The summed E-state index contributed by atoms with van der Waals surface area (Å²) in [6.45, 7) is 5.41. The summed E-state index contributed by atoms with van der Waals surface area (Å²) in [7, 11) is 0. The van der Waals surface area contributed by atoms with Crippen LogP contribution >= 0.6 is 23.2 Å². The lowest BCUT2D eigenvalue weighted by atomic mass is 10.1. The summed E-state index contributed by atoms with van der Waals surface area (Å²) in [5, 5.41) is 12.8. The number of hydrogen-bond acceptors (Lipinski definition) is 3. The van der Waals surface area contributed by atoms with Crippen LogP contribution < -0.4 is 4.74 Å². The Balaban J connectivity index is 2.53. The highest BCUT2D eigenvalue weighted by Gasteiger charge is 2.31.